The number of furan rings is 1. The van der Waals surface area contributed by atoms with Crippen molar-refractivity contribution < 1.29 is 13.9 Å². The number of carbonyl (C=O) groups excluding carboxylic acids is 1. The number of fused-ring (bicyclic) bond motifs is 1. The first-order valence-corrected chi connectivity index (χ1v) is 8.80. The van der Waals surface area contributed by atoms with Crippen molar-refractivity contribution in [1.82, 2.24) is 9.47 Å². The van der Waals surface area contributed by atoms with Gasteiger partial charge in [-0.25, -0.2) is 0 Å². The summed E-state index contributed by atoms with van der Waals surface area (Å²) in [6.45, 7) is 2.87. The number of hydrogen-bond donors (Lipinski definition) is 0. The smallest absolute Gasteiger partial charge is 0.259 e. The molecule has 1 aliphatic carbocycles. The van der Waals surface area contributed by atoms with E-state index in [0.29, 0.717) is 35.9 Å². The van der Waals surface area contributed by atoms with Gasteiger partial charge in [-0.1, -0.05) is 12.8 Å². The molecule has 6 heteroatoms. The van der Waals surface area contributed by atoms with Crippen molar-refractivity contribution in [3.05, 3.63) is 41.4 Å². The number of amides is 1. The fraction of sp³-hybridized carbons (Fsp3) is 0.474. The summed E-state index contributed by atoms with van der Waals surface area (Å²) in [7, 11) is 0. The average molecular weight is 339 g/mol. The van der Waals surface area contributed by atoms with Gasteiger partial charge in [0.05, 0.1) is 18.8 Å². The third-order valence-corrected chi connectivity index (χ3v) is 5.22. The van der Waals surface area contributed by atoms with Crippen molar-refractivity contribution >= 4 is 5.91 Å². The second kappa shape index (κ2) is 6.41. The maximum absolute atomic E-state index is 13.3. The van der Waals surface area contributed by atoms with Gasteiger partial charge in [0.15, 0.2) is 0 Å². The first-order chi connectivity index (χ1) is 12.2. The Labute approximate surface area is 146 Å². The molecule has 0 spiro atoms. The number of hydrogen-bond acceptors (Lipinski definition) is 4. The molecule has 2 fully saturated rings. The zero-order valence-electron chi connectivity index (χ0n) is 14.3. The Hall–Kier alpha value is -2.52. The minimum Gasteiger partial charge on any atom is -0.443 e. The van der Waals surface area contributed by atoms with Crippen LogP contribution in [0.25, 0.3) is 5.88 Å². The van der Waals surface area contributed by atoms with E-state index in [2.05, 4.69) is 6.07 Å². The van der Waals surface area contributed by atoms with Gasteiger partial charge in [0, 0.05) is 18.9 Å². The highest BCUT2D eigenvalue weighted by Crippen LogP contribution is 2.32. The third-order valence-electron chi connectivity index (χ3n) is 5.22. The maximum atomic E-state index is 13.3. The van der Waals surface area contributed by atoms with Crippen LogP contribution in [0.2, 0.25) is 0 Å². The van der Waals surface area contributed by atoms with Crippen LogP contribution in [0.15, 0.2) is 28.9 Å². The lowest BCUT2D eigenvalue weighted by Gasteiger charge is -2.43. The van der Waals surface area contributed by atoms with Crippen LogP contribution in [-0.2, 0) is 4.74 Å². The van der Waals surface area contributed by atoms with Crippen molar-refractivity contribution in [3.8, 4) is 12.0 Å². The number of rotatable bonds is 2. The zero-order chi connectivity index (χ0) is 17.4. The van der Waals surface area contributed by atoms with Crippen LogP contribution in [-0.4, -0.2) is 40.7 Å². The Morgan fingerprint density at radius 2 is 2.04 bits per heavy atom. The molecular formula is C19H21N3O3. The Bertz CT molecular complexity index is 814. The lowest BCUT2D eigenvalue weighted by atomic mass is 9.89. The van der Waals surface area contributed by atoms with E-state index in [-0.39, 0.29) is 18.1 Å². The van der Waals surface area contributed by atoms with Crippen molar-refractivity contribution in [3.63, 3.8) is 0 Å². The molecule has 0 aromatic carbocycles. The van der Waals surface area contributed by atoms with Gasteiger partial charge in [0.25, 0.3) is 5.91 Å². The van der Waals surface area contributed by atoms with Crippen LogP contribution in [0.4, 0.5) is 0 Å². The van der Waals surface area contributed by atoms with Gasteiger partial charge in [-0.2, -0.15) is 5.26 Å². The molecular weight excluding hydrogens is 318 g/mol. The molecule has 1 saturated heterocycles. The highest BCUT2D eigenvalue weighted by molar-refractivity contribution is 5.99. The first-order valence-electron chi connectivity index (χ1n) is 8.80. The van der Waals surface area contributed by atoms with Crippen LogP contribution >= 0.6 is 0 Å². The molecule has 0 bridgehead atoms. The van der Waals surface area contributed by atoms with Gasteiger partial charge in [-0.15, -0.1) is 0 Å². The average Bonchev–Trinajstić information content (AvgIpc) is 3.28. The summed E-state index contributed by atoms with van der Waals surface area (Å²) < 4.78 is 13.4. The quantitative estimate of drug-likeness (QED) is 0.843. The predicted octanol–water partition coefficient (Wildman–Crippen LogP) is 3.03. The molecule has 1 aliphatic heterocycles. The van der Waals surface area contributed by atoms with Crippen molar-refractivity contribution in [2.24, 2.45) is 0 Å². The first kappa shape index (κ1) is 16.0. The fourth-order valence-corrected chi connectivity index (χ4v) is 4.04. The minimum atomic E-state index is -0.114. The summed E-state index contributed by atoms with van der Waals surface area (Å²) in [4.78, 5) is 15.2. The van der Waals surface area contributed by atoms with Gasteiger partial charge in [-0.05, 0) is 31.9 Å². The van der Waals surface area contributed by atoms with Gasteiger partial charge in [0.2, 0.25) is 5.88 Å². The lowest BCUT2D eigenvalue weighted by molar-refractivity contribution is -0.0753. The molecule has 1 saturated carbocycles. The number of ether oxygens (including phenoxy) is 1. The monoisotopic (exact) mass is 339 g/mol. The Morgan fingerprint density at radius 3 is 2.80 bits per heavy atom. The Kier molecular flexibility index (Phi) is 4.10. The topological polar surface area (TPSA) is 71.4 Å². The minimum absolute atomic E-state index is 0.103. The van der Waals surface area contributed by atoms with E-state index in [1.54, 1.807) is 23.9 Å². The standard InChI is InChI=1S/C19H21N3O3/c1-13-17(14(12-20)19(25-13)21-8-4-5-9-21)18(23)22-10-11-24-16-7-3-2-6-15(16)22/h4-5,8-9,15-16H,2-3,6-7,10-11H2,1H3. The van der Waals surface area contributed by atoms with E-state index >= 15 is 0 Å². The van der Waals surface area contributed by atoms with Crippen molar-refractivity contribution in [2.45, 2.75) is 44.8 Å². The third kappa shape index (κ3) is 2.65. The molecule has 2 atom stereocenters. The van der Waals surface area contributed by atoms with Gasteiger partial charge in [0.1, 0.15) is 23.0 Å². The number of nitriles is 1. The highest BCUT2D eigenvalue weighted by atomic mass is 16.5. The van der Waals surface area contributed by atoms with Crippen LogP contribution < -0.4 is 0 Å². The molecule has 2 aromatic heterocycles. The maximum Gasteiger partial charge on any atom is 0.259 e. The second-order valence-electron chi connectivity index (χ2n) is 6.68. The summed E-state index contributed by atoms with van der Waals surface area (Å²) >= 11 is 0. The predicted molar refractivity (Wildman–Crippen MR) is 90.5 cm³/mol. The van der Waals surface area contributed by atoms with Gasteiger partial charge in [-0.3, -0.25) is 9.36 Å². The Morgan fingerprint density at radius 1 is 1.28 bits per heavy atom. The molecule has 25 heavy (non-hydrogen) atoms. The van der Waals surface area contributed by atoms with E-state index in [1.807, 2.05) is 17.0 Å². The molecule has 6 nitrogen and oxygen atoms in total. The van der Waals surface area contributed by atoms with Crippen molar-refractivity contribution in [2.75, 3.05) is 13.2 Å². The van der Waals surface area contributed by atoms with E-state index in [1.165, 1.54) is 0 Å². The van der Waals surface area contributed by atoms with Gasteiger partial charge >= 0.3 is 0 Å². The molecule has 2 unspecified atom stereocenters. The Balaban J connectivity index is 1.72. The van der Waals surface area contributed by atoms with Crippen LogP contribution in [0.5, 0.6) is 0 Å². The summed E-state index contributed by atoms with van der Waals surface area (Å²) in [6, 6.07) is 5.99. The summed E-state index contributed by atoms with van der Waals surface area (Å²) in [5.41, 5.74) is 0.690. The van der Waals surface area contributed by atoms with Crippen LogP contribution in [0, 0.1) is 18.3 Å². The number of aryl methyl sites for hydroxylation is 1. The van der Waals surface area contributed by atoms with E-state index in [4.69, 9.17) is 9.15 Å². The van der Waals surface area contributed by atoms with E-state index in [0.717, 1.165) is 25.7 Å². The van der Waals surface area contributed by atoms with Crippen LogP contribution in [0.1, 0.15) is 47.4 Å². The highest BCUT2D eigenvalue weighted by Gasteiger charge is 2.39. The second-order valence-corrected chi connectivity index (χ2v) is 6.68. The SMILES string of the molecule is Cc1oc(-n2cccc2)c(C#N)c1C(=O)N1CCOC2CCCCC21. The van der Waals surface area contributed by atoms with E-state index < -0.39 is 0 Å². The molecule has 0 N–H and O–H groups in total. The molecule has 1 amide bonds. The number of morpholine rings is 1. The zero-order valence-corrected chi connectivity index (χ0v) is 14.3. The summed E-state index contributed by atoms with van der Waals surface area (Å²) in [6.07, 6.45) is 7.94. The number of carbonyl (C=O) groups is 1. The molecule has 0 radical (unpaired) electrons. The molecule has 2 aliphatic rings. The normalized spacial score (nSPS) is 23.1. The lowest BCUT2D eigenvalue weighted by Crippen LogP contribution is -2.55. The van der Waals surface area contributed by atoms with E-state index in [9.17, 15) is 10.1 Å². The molecule has 2 aromatic rings. The largest absolute Gasteiger partial charge is 0.443 e. The fourth-order valence-electron chi connectivity index (χ4n) is 4.04. The van der Waals surface area contributed by atoms with Gasteiger partial charge < -0.3 is 14.1 Å². The number of aromatic nitrogens is 1. The molecule has 3 heterocycles. The summed E-state index contributed by atoms with van der Waals surface area (Å²) in [5, 5.41) is 9.67. The number of nitrogens with zero attached hydrogens (tertiary/aromatic N) is 3. The molecule has 130 valence electrons. The van der Waals surface area contributed by atoms with Crippen molar-refractivity contribution in [1.29, 1.82) is 5.26 Å². The van der Waals surface area contributed by atoms with Crippen LogP contribution in [0.3, 0.4) is 0 Å². The molecule has 4 rings (SSSR count). The summed E-state index contributed by atoms with van der Waals surface area (Å²) in [5.74, 6) is 0.780.